The summed E-state index contributed by atoms with van der Waals surface area (Å²) in [6.45, 7) is 2.05. The fourth-order valence-electron chi connectivity index (χ4n) is 3.53. The molecule has 0 saturated heterocycles. The second-order valence-electron chi connectivity index (χ2n) is 7.03. The molecule has 2 unspecified atom stereocenters. The quantitative estimate of drug-likeness (QED) is 0.668. The number of aromatic nitrogens is 3. The van der Waals surface area contributed by atoms with Crippen molar-refractivity contribution < 1.29 is 4.79 Å². The molecule has 2 heterocycles. The molecule has 0 bridgehead atoms. The first kappa shape index (κ1) is 17.3. The molecular formula is C21H23N5O. The molecule has 3 aromatic rings. The standard InChI is InChI=1S/C21H23N5O/c1-14-5-7-15(8-6-14)20(19-4-2-3-11-22-19)25-21(27)24-17-9-10-18-16(12-17)13-23-26-18/h2-8,11,13,17,20H,9-10,12H2,1H3,(H,23,26)(H2,24,25,27). The Bertz CT molecular complexity index is 904. The summed E-state index contributed by atoms with van der Waals surface area (Å²) < 4.78 is 0. The van der Waals surface area contributed by atoms with Crippen LogP contribution in [-0.2, 0) is 12.8 Å². The second-order valence-corrected chi connectivity index (χ2v) is 7.03. The van der Waals surface area contributed by atoms with E-state index in [1.165, 1.54) is 16.8 Å². The van der Waals surface area contributed by atoms with E-state index in [0.29, 0.717) is 0 Å². The number of nitrogens with zero attached hydrogens (tertiary/aromatic N) is 2. The maximum atomic E-state index is 12.7. The van der Waals surface area contributed by atoms with Crippen LogP contribution in [-0.4, -0.2) is 27.3 Å². The zero-order valence-corrected chi connectivity index (χ0v) is 15.3. The summed E-state index contributed by atoms with van der Waals surface area (Å²) in [5.74, 6) is 0. The van der Waals surface area contributed by atoms with Crippen LogP contribution in [0, 0.1) is 6.92 Å². The van der Waals surface area contributed by atoms with Gasteiger partial charge in [0.1, 0.15) is 0 Å². The molecule has 2 amide bonds. The minimum Gasteiger partial charge on any atom is -0.335 e. The van der Waals surface area contributed by atoms with Gasteiger partial charge in [0.25, 0.3) is 0 Å². The van der Waals surface area contributed by atoms with Crippen molar-refractivity contribution in [1.29, 1.82) is 0 Å². The molecule has 6 nitrogen and oxygen atoms in total. The lowest BCUT2D eigenvalue weighted by Gasteiger charge is -2.25. The number of carbonyl (C=O) groups excluding carboxylic acids is 1. The van der Waals surface area contributed by atoms with Crippen LogP contribution in [0.1, 0.15) is 40.5 Å². The fourth-order valence-corrected chi connectivity index (χ4v) is 3.53. The molecule has 4 rings (SSSR count). The maximum Gasteiger partial charge on any atom is 0.315 e. The first-order valence-electron chi connectivity index (χ1n) is 9.24. The number of H-pyrrole nitrogens is 1. The molecular weight excluding hydrogens is 338 g/mol. The number of hydrogen-bond donors (Lipinski definition) is 3. The van der Waals surface area contributed by atoms with E-state index in [0.717, 1.165) is 30.5 Å². The Morgan fingerprint density at radius 2 is 2.07 bits per heavy atom. The van der Waals surface area contributed by atoms with E-state index in [1.807, 2.05) is 55.6 Å². The molecule has 0 saturated carbocycles. The average Bonchev–Trinajstić information content (AvgIpc) is 3.15. The zero-order chi connectivity index (χ0) is 18.6. The van der Waals surface area contributed by atoms with Gasteiger partial charge in [0.15, 0.2) is 0 Å². The smallest absolute Gasteiger partial charge is 0.315 e. The van der Waals surface area contributed by atoms with E-state index >= 15 is 0 Å². The van der Waals surface area contributed by atoms with Gasteiger partial charge in [-0.25, -0.2) is 4.79 Å². The lowest BCUT2D eigenvalue weighted by Crippen LogP contribution is -2.45. The Morgan fingerprint density at radius 3 is 2.85 bits per heavy atom. The van der Waals surface area contributed by atoms with Gasteiger partial charge < -0.3 is 10.6 Å². The molecule has 0 spiro atoms. The van der Waals surface area contributed by atoms with Crippen LogP contribution >= 0.6 is 0 Å². The van der Waals surface area contributed by atoms with Gasteiger partial charge in [-0.1, -0.05) is 35.9 Å². The largest absolute Gasteiger partial charge is 0.335 e. The fraction of sp³-hybridized carbons (Fsp3) is 0.286. The van der Waals surface area contributed by atoms with Crippen molar-refractivity contribution >= 4 is 6.03 Å². The van der Waals surface area contributed by atoms with Gasteiger partial charge in [-0.05, 0) is 49.4 Å². The van der Waals surface area contributed by atoms with Gasteiger partial charge in [-0.15, -0.1) is 0 Å². The highest BCUT2D eigenvalue weighted by Gasteiger charge is 2.23. The number of nitrogens with one attached hydrogen (secondary N) is 3. The van der Waals surface area contributed by atoms with Crippen molar-refractivity contribution in [1.82, 2.24) is 25.8 Å². The Labute approximate surface area is 158 Å². The molecule has 3 N–H and O–H groups in total. The van der Waals surface area contributed by atoms with Crippen LogP contribution in [0.4, 0.5) is 4.79 Å². The van der Waals surface area contributed by atoms with Crippen LogP contribution in [0.5, 0.6) is 0 Å². The lowest BCUT2D eigenvalue weighted by atomic mass is 9.94. The molecule has 0 aliphatic heterocycles. The molecule has 6 heteroatoms. The van der Waals surface area contributed by atoms with Gasteiger partial charge in [-0.3, -0.25) is 10.1 Å². The van der Waals surface area contributed by atoms with Crippen LogP contribution in [0.25, 0.3) is 0 Å². The number of pyridine rings is 1. The first-order valence-corrected chi connectivity index (χ1v) is 9.24. The Hall–Kier alpha value is -3.15. The van der Waals surface area contributed by atoms with Gasteiger partial charge in [0.05, 0.1) is 17.9 Å². The Kier molecular flexibility index (Phi) is 4.87. The number of hydrogen-bond acceptors (Lipinski definition) is 3. The summed E-state index contributed by atoms with van der Waals surface area (Å²) in [6, 6.07) is 13.5. The number of aromatic amines is 1. The van der Waals surface area contributed by atoms with E-state index in [9.17, 15) is 4.79 Å². The summed E-state index contributed by atoms with van der Waals surface area (Å²) in [4.78, 5) is 17.2. The van der Waals surface area contributed by atoms with Gasteiger partial charge in [-0.2, -0.15) is 5.10 Å². The van der Waals surface area contributed by atoms with Crippen molar-refractivity contribution in [2.75, 3.05) is 0 Å². The SMILES string of the molecule is Cc1ccc(C(NC(=O)NC2CCc3[nH]ncc3C2)c2ccccn2)cc1. The number of amides is 2. The van der Waals surface area contributed by atoms with Crippen molar-refractivity contribution in [3.05, 3.63) is 82.9 Å². The monoisotopic (exact) mass is 361 g/mol. The normalized spacial score (nSPS) is 17.0. The van der Waals surface area contributed by atoms with Crippen molar-refractivity contribution in [2.45, 2.75) is 38.3 Å². The van der Waals surface area contributed by atoms with Gasteiger partial charge in [0, 0.05) is 17.9 Å². The third kappa shape index (κ3) is 4.00. The topological polar surface area (TPSA) is 82.7 Å². The zero-order valence-electron chi connectivity index (χ0n) is 15.3. The Balaban J connectivity index is 1.48. The van der Waals surface area contributed by atoms with Crippen LogP contribution in [0.2, 0.25) is 0 Å². The molecule has 0 radical (unpaired) electrons. The molecule has 2 aromatic heterocycles. The van der Waals surface area contributed by atoms with E-state index < -0.39 is 0 Å². The molecule has 1 aliphatic rings. The Morgan fingerprint density at radius 1 is 1.22 bits per heavy atom. The van der Waals surface area contributed by atoms with Gasteiger partial charge in [0.2, 0.25) is 0 Å². The van der Waals surface area contributed by atoms with Crippen LogP contribution < -0.4 is 10.6 Å². The molecule has 1 aliphatic carbocycles. The highest BCUT2D eigenvalue weighted by atomic mass is 16.2. The van der Waals surface area contributed by atoms with Gasteiger partial charge >= 0.3 is 6.03 Å². The third-order valence-corrected chi connectivity index (χ3v) is 5.02. The molecule has 0 fully saturated rings. The van der Waals surface area contributed by atoms with E-state index in [-0.39, 0.29) is 18.1 Å². The molecule has 1 aromatic carbocycles. The number of rotatable bonds is 4. The number of benzene rings is 1. The first-order chi connectivity index (χ1) is 13.2. The summed E-state index contributed by atoms with van der Waals surface area (Å²) in [7, 11) is 0. The minimum atomic E-state index is -0.292. The second kappa shape index (κ2) is 7.61. The predicted molar refractivity (Wildman–Crippen MR) is 103 cm³/mol. The van der Waals surface area contributed by atoms with Crippen molar-refractivity contribution in [3.63, 3.8) is 0 Å². The van der Waals surface area contributed by atoms with Crippen molar-refractivity contribution in [3.8, 4) is 0 Å². The van der Waals surface area contributed by atoms with Crippen molar-refractivity contribution in [2.24, 2.45) is 0 Å². The summed E-state index contributed by atoms with van der Waals surface area (Å²) >= 11 is 0. The summed E-state index contributed by atoms with van der Waals surface area (Å²) in [5, 5.41) is 13.3. The molecule has 27 heavy (non-hydrogen) atoms. The van der Waals surface area contributed by atoms with E-state index in [1.54, 1.807) is 6.20 Å². The molecule has 138 valence electrons. The number of carbonyl (C=O) groups is 1. The molecule has 2 atom stereocenters. The summed E-state index contributed by atoms with van der Waals surface area (Å²) in [6.07, 6.45) is 6.21. The maximum absolute atomic E-state index is 12.7. The summed E-state index contributed by atoms with van der Waals surface area (Å²) in [5.41, 5.74) is 5.37. The van der Waals surface area contributed by atoms with E-state index in [4.69, 9.17) is 0 Å². The lowest BCUT2D eigenvalue weighted by molar-refractivity contribution is 0.233. The predicted octanol–water partition coefficient (Wildman–Crippen LogP) is 3.06. The third-order valence-electron chi connectivity index (χ3n) is 5.02. The number of urea groups is 1. The number of aryl methyl sites for hydroxylation is 2. The minimum absolute atomic E-state index is 0.109. The van der Waals surface area contributed by atoms with Crippen LogP contribution in [0.3, 0.4) is 0 Å². The van der Waals surface area contributed by atoms with E-state index in [2.05, 4.69) is 25.8 Å². The highest BCUT2D eigenvalue weighted by molar-refractivity contribution is 5.75. The highest BCUT2D eigenvalue weighted by Crippen LogP contribution is 2.22. The average molecular weight is 361 g/mol. The van der Waals surface area contributed by atoms with Crippen LogP contribution in [0.15, 0.2) is 54.9 Å². The number of fused-ring (bicyclic) bond motifs is 1.